The van der Waals surface area contributed by atoms with E-state index in [1.54, 1.807) is 6.20 Å². The van der Waals surface area contributed by atoms with E-state index in [1.165, 1.54) is 15.7 Å². The third-order valence-corrected chi connectivity index (χ3v) is 2.64. The van der Waals surface area contributed by atoms with E-state index in [2.05, 4.69) is 4.98 Å². The van der Waals surface area contributed by atoms with E-state index >= 15 is 0 Å². The Morgan fingerprint density at radius 1 is 1.47 bits per heavy atom. The Bertz CT molecular complexity index is 451. The van der Waals surface area contributed by atoms with Crippen molar-refractivity contribution in [3.63, 3.8) is 0 Å². The van der Waals surface area contributed by atoms with Crippen LogP contribution in [0.15, 0.2) is 17.2 Å². The molecule has 0 radical (unpaired) electrons. The quantitative estimate of drug-likeness (QED) is 0.724. The Balaban J connectivity index is 3.05. The maximum absolute atomic E-state index is 12.5. The van der Waals surface area contributed by atoms with E-state index < -0.39 is 13.0 Å². The summed E-state index contributed by atoms with van der Waals surface area (Å²) in [5, 5.41) is 0. The maximum Gasteiger partial charge on any atom is 0.293 e. The third kappa shape index (κ3) is 4.78. The van der Waals surface area contributed by atoms with Crippen molar-refractivity contribution in [1.29, 1.82) is 0 Å². The first kappa shape index (κ1) is 15.9. The summed E-state index contributed by atoms with van der Waals surface area (Å²) in [5.74, 6) is 0.473. The molecule has 0 atom stereocenters. The predicted octanol–water partition coefficient (Wildman–Crippen LogP) is 2.21. The molecule has 0 bridgehead atoms. The minimum absolute atomic E-state index is 0.0316. The highest BCUT2D eigenvalue weighted by Gasteiger charge is 2.17. The van der Waals surface area contributed by atoms with Gasteiger partial charge in [-0.2, -0.15) is 0 Å². The van der Waals surface area contributed by atoms with Gasteiger partial charge in [0.1, 0.15) is 0 Å². The first-order valence-electron chi connectivity index (χ1n) is 6.10. The molecule has 0 N–H and O–H groups in total. The number of nitrogens with zero attached hydrogens (tertiary/aromatic N) is 3. The molecule has 0 aliphatic heterocycles. The molecule has 0 aliphatic carbocycles. The summed E-state index contributed by atoms with van der Waals surface area (Å²) in [4.78, 5) is 17.3. The van der Waals surface area contributed by atoms with E-state index in [9.17, 15) is 13.6 Å². The fraction of sp³-hybridized carbons (Fsp3) is 0.667. The van der Waals surface area contributed by atoms with Gasteiger partial charge in [0.2, 0.25) is 0 Å². The molecule has 19 heavy (non-hydrogen) atoms. The largest absolute Gasteiger partial charge is 0.345 e. The summed E-state index contributed by atoms with van der Waals surface area (Å²) in [7, 11) is 0. The lowest BCUT2D eigenvalue weighted by atomic mass is 10.2. The molecule has 4 nitrogen and oxygen atoms in total. The molecule has 0 fully saturated rings. The normalized spacial score (nSPS) is 11.3. The first-order chi connectivity index (χ1) is 8.95. The third-order valence-electron chi connectivity index (χ3n) is 2.47. The van der Waals surface area contributed by atoms with Gasteiger partial charge in [0.15, 0.2) is 5.82 Å². The van der Waals surface area contributed by atoms with Gasteiger partial charge in [-0.15, -0.1) is 11.6 Å². The molecule has 1 aromatic rings. The number of hydrogen-bond donors (Lipinski definition) is 0. The molecule has 0 aliphatic rings. The standard InChI is InChI=1S/C12H18ClF2N3O/c1-9(2)7-18-6-4-16-11(12(18)19)17(5-3-13)8-10(14)15/h4,6,9-10H,3,5,7-8H2,1-2H3. The second kappa shape index (κ2) is 7.43. The lowest BCUT2D eigenvalue weighted by molar-refractivity contribution is 0.155. The van der Waals surface area contributed by atoms with Crippen LogP contribution in [0.5, 0.6) is 0 Å². The molecular formula is C12H18ClF2N3O. The highest BCUT2D eigenvalue weighted by atomic mass is 35.5. The predicted molar refractivity (Wildman–Crippen MR) is 72.3 cm³/mol. The van der Waals surface area contributed by atoms with E-state index in [-0.39, 0.29) is 29.7 Å². The van der Waals surface area contributed by atoms with Crippen LogP contribution >= 0.6 is 11.6 Å². The Morgan fingerprint density at radius 3 is 2.68 bits per heavy atom. The van der Waals surface area contributed by atoms with Crippen LogP contribution in [0, 0.1) is 5.92 Å². The van der Waals surface area contributed by atoms with Gasteiger partial charge in [-0.05, 0) is 5.92 Å². The minimum atomic E-state index is -2.54. The average Bonchev–Trinajstić information content (AvgIpc) is 2.30. The summed E-state index contributed by atoms with van der Waals surface area (Å²) in [6, 6.07) is 0. The van der Waals surface area contributed by atoms with Crippen LogP contribution in [0.1, 0.15) is 13.8 Å². The van der Waals surface area contributed by atoms with Gasteiger partial charge in [0.05, 0.1) is 6.54 Å². The molecule has 0 aromatic carbocycles. The number of halogens is 3. The monoisotopic (exact) mass is 293 g/mol. The van der Waals surface area contributed by atoms with Crippen molar-refractivity contribution in [2.24, 2.45) is 5.92 Å². The number of aromatic nitrogens is 2. The Kier molecular flexibility index (Phi) is 6.21. The van der Waals surface area contributed by atoms with E-state index in [1.807, 2.05) is 13.8 Å². The van der Waals surface area contributed by atoms with Crippen molar-refractivity contribution in [3.05, 3.63) is 22.7 Å². The summed E-state index contributed by atoms with van der Waals surface area (Å²) in [6.07, 6.45) is 0.474. The molecule has 108 valence electrons. The number of anilines is 1. The molecule has 0 unspecified atom stereocenters. The molecule has 0 spiro atoms. The van der Waals surface area contributed by atoms with Crippen LogP contribution in [0.3, 0.4) is 0 Å². The van der Waals surface area contributed by atoms with Crippen molar-refractivity contribution in [3.8, 4) is 0 Å². The van der Waals surface area contributed by atoms with Crippen molar-refractivity contribution in [2.75, 3.05) is 23.9 Å². The Labute approximate surface area is 116 Å². The van der Waals surface area contributed by atoms with Crippen LogP contribution in [-0.4, -0.2) is 34.9 Å². The van der Waals surface area contributed by atoms with Gasteiger partial charge in [-0.1, -0.05) is 13.8 Å². The van der Waals surface area contributed by atoms with Crippen LogP contribution in [-0.2, 0) is 6.54 Å². The van der Waals surface area contributed by atoms with Crippen molar-refractivity contribution in [2.45, 2.75) is 26.8 Å². The zero-order chi connectivity index (χ0) is 14.4. The zero-order valence-corrected chi connectivity index (χ0v) is 11.8. The van der Waals surface area contributed by atoms with Crippen molar-refractivity contribution >= 4 is 17.4 Å². The second-order valence-electron chi connectivity index (χ2n) is 4.63. The van der Waals surface area contributed by atoms with Crippen LogP contribution < -0.4 is 10.5 Å². The number of alkyl halides is 3. The Hall–Kier alpha value is -1.17. The first-order valence-corrected chi connectivity index (χ1v) is 6.63. The molecule has 7 heteroatoms. The van der Waals surface area contributed by atoms with Crippen molar-refractivity contribution in [1.82, 2.24) is 9.55 Å². The van der Waals surface area contributed by atoms with Crippen molar-refractivity contribution < 1.29 is 8.78 Å². The van der Waals surface area contributed by atoms with Crippen LogP contribution in [0.2, 0.25) is 0 Å². The van der Waals surface area contributed by atoms with E-state index in [4.69, 9.17) is 11.6 Å². The SMILES string of the molecule is CC(C)Cn1ccnc(N(CCCl)CC(F)F)c1=O. The maximum atomic E-state index is 12.5. The molecule has 1 rings (SSSR count). The molecule has 1 aromatic heterocycles. The second-order valence-corrected chi connectivity index (χ2v) is 5.01. The topological polar surface area (TPSA) is 38.1 Å². The molecule has 0 saturated carbocycles. The fourth-order valence-electron chi connectivity index (χ4n) is 1.74. The van der Waals surface area contributed by atoms with Gasteiger partial charge >= 0.3 is 0 Å². The van der Waals surface area contributed by atoms with Gasteiger partial charge in [0, 0.05) is 31.4 Å². The van der Waals surface area contributed by atoms with Gasteiger partial charge in [-0.25, -0.2) is 13.8 Å². The summed E-state index contributed by atoms with van der Waals surface area (Å²) >= 11 is 5.58. The number of hydrogen-bond acceptors (Lipinski definition) is 3. The fourth-order valence-corrected chi connectivity index (χ4v) is 1.95. The summed E-state index contributed by atoms with van der Waals surface area (Å²) in [5.41, 5.74) is -0.359. The van der Waals surface area contributed by atoms with E-state index in [0.29, 0.717) is 6.54 Å². The molecule has 1 heterocycles. The van der Waals surface area contributed by atoms with Gasteiger partial charge in [-0.3, -0.25) is 4.79 Å². The summed E-state index contributed by atoms with van der Waals surface area (Å²) < 4.78 is 26.5. The zero-order valence-electron chi connectivity index (χ0n) is 11.0. The molecule has 0 saturated heterocycles. The highest BCUT2D eigenvalue weighted by molar-refractivity contribution is 6.18. The minimum Gasteiger partial charge on any atom is -0.345 e. The highest BCUT2D eigenvalue weighted by Crippen LogP contribution is 2.08. The van der Waals surface area contributed by atoms with Gasteiger partial charge < -0.3 is 9.47 Å². The van der Waals surface area contributed by atoms with Gasteiger partial charge in [0.25, 0.3) is 12.0 Å². The average molecular weight is 294 g/mol. The lowest BCUT2D eigenvalue weighted by Gasteiger charge is -2.22. The lowest BCUT2D eigenvalue weighted by Crippen LogP contribution is -2.38. The van der Waals surface area contributed by atoms with Crippen LogP contribution in [0.25, 0.3) is 0 Å². The van der Waals surface area contributed by atoms with E-state index in [0.717, 1.165) is 0 Å². The summed E-state index contributed by atoms with van der Waals surface area (Å²) in [6.45, 7) is 4.10. The van der Waals surface area contributed by atoms with Crippen LogP contribution in [0.4, 0.5) is 14.6 Å². The smallest absolute Gasteiger partial charge is 0.293 e. The molecular weight excluding hydrogens is 276 g/mol. The molecule has 0 amide bonds. The number of rotatable bonds is 7. The Morgan fingerprint density at radius 2 is 2.16 bits per heavy atom.